The van der Waals surface area contributed by atoms with Gasteiger partial charge in [0.25, 0.3) is 0 Å². The zero-order valence-corrected chi connectivity index (χ0v) is 9.82. The summed E-state index contributed by atoms with van der Waals surface area (Å²) in [5, 5.41) is 0. The highest BCUT2D eigenvalue weighted by molar-refractivity contribution is 7.89. The van der Waals surface area contributed by atoms with E-state index in [-0.39, 0.29) is 18.3 Å². The minimum atomic E-state index is -3.24. The summed E-state index contributed by atoms with van der Waals surface area (Å²) in [7, 11) is -3.24. The van der Waals surface area contributed by atoms with Crippen molar-refractivity contribution in [3.05, 3.63) is 24.2 Å². The summed E-state index contributed by atoms with van der Waals surface area (Å²) >= 11 is 0. The van der Waals surface area contributed by atoms with E-state index in [1.54, 1.807) is 18.4 Å². The quantitative estimate of drug-likeness (QED) is 0.792. The average Bonchev–Trinajstić information content (AvgIpc) is 2.92. The van der Waals surface area contributed by atoms with Gasteiger partial charge in [0.2, 0.25) is 10.0 Å². The summed E-state index contributed by atoms with van der Waals surface area (Å²) in [5.41, 5.74) is 5.32. The van der Waals surface area contributed by atoms with Gasteiger partial charge in [-0.1, -0.05) is 0 Å². The predicted molar refractivity (Wildman–Crippen MR) is 60.1 cm³/mol. The monoisotopic (exact) mass is 244 g/mol. The lowest BCUT2D eigenvalue weighted by Gasteiger charge is -2.20. The van der Waals surface area contributed by atoms with E-state index in [2.05, 4.69) is 0 Å². The SMILES string of the molecule is NCCS(=O)(=O)N(Cc1ccco1)C1CC1. The van der Waals surface area contributed by atoms with E-state index in [0.717, 1.165) is 12.8 Å². The third-order valence-corrected chi connectivity index (χ3v) is 4.47. The average molecular weight is 244 g/mol. The topological polar surface area (TPSA) is 76.5 Å². The van der Waals surface area contributed by atoms with Crippen LogP contribution >= 0.6 is 0 Å². The van der Waals surface area contributed by atoms with Gasteiger partial charge in [-0.25, -0.2) is 8.42 Å². The lowest BCUT2D eigenvalue weighted by atomic mass is 10.4. The fourth-order valence-electron chi connectivity index (χ4n) is 1.64. The number of furan rings is 1. The Morgan fingerprint density at radius 2 is 2.25 bits per heavy atom. The Morgan fingerprint density at radius 1 is 1.50 bits per heavy atom. The lowest BCUT2D eigenvalue weighted by Crippen LogP contribution is -2.36. The smallest absolute Gasteiger partial charge is 0.216 e. The van der Waals surface area contributed by atoms with E-state index >= 15 is 0 Å². The number of hydrogen-bond acceptors (Lipinski definition) is 4. The van der Waals surface area contributed by atoms with Crippen LogP contribution in [0.3, 0.4) is 0 Å². The van der Waals surface area contributed by atoms with Gasteiger partial charge < -0.3 is 10.2 Å². The van der Waals surface area contributed by atoms with Crippen LogP contribution in [0.25, 0.3) is 0 Å². The Morgan fingerprint density at radius 3 is 2.75 bits per heavy atom. The molecule has 1 heterocycles. The summed E-state index contributed by atoms with van der Waals surface area (Å²) in [5.74, 6) is 0.678. The third kappa shape index (κ3) is 2.63. The molecule has 0 bridgehead atoms. The number of nitrogens with two attached hydrogens (primary N) is 1. The molecule has 1 aliphatic carbocycles. The molecule has 1 aromatic rings. The van der Waals surface area contributed by atoms with Crippen LogP contribution in [0.2, 0.25) is 0 Å². The Kier molecular flexibility index (Phi) is 3.32. The Balaban J connectivity index is 2.11. The Bertz CT molecular complexity index is 423. The van der Waals surface area contributed by atoms with Crippen molar-refractivity contribution in [2.45, 2.75) is 25.4 Å². The molecule has 0 aromatic carbocycles. The molecule has 5 nitrogen and oxygen atoms in total. The van der Waals surface area contributed by atoms with Gasteiger partial charge in [-0.05, 0) is 25.0 Å². The van der Waals surface area contributed by atoms with E-state index in [1.807, 2.05) is 0 Å². The van der Waals surface area contributed by atoms with Crippen molar-refractivity contribution >= 4 is 10.0 Å². The normalized spacial score (nSPS) is 16.9. The van der Waals surface area contributed by atoms with E-state index in [4.69, 9.17) is 10.2 Å². The summed E-state index contributed by atoms with van der Waals surface area (Å²) < 4.78 is 30.6. The van der Waals surface area contributed by atoms with Crippen molar-refractivity contribution in [1.82, 2.24) is 4.31 Å². The van der Waals surface area contributed by atoms with Crippen molar-refractivity contribution < 1.29 is 12.8 Å². The molecule has 0 amide bonds. The largest absolute Gasteiger partial charge is 0.468 e. The molecule has 1 saturated carbocycles. The molecule has 6 heteroatoms. The van der Waals surface area contributed by atoms with Crippen molar-refractivity contribution in [3.63, 3.8) is 0 Å². The maximum atomic E-state index is 11.9. The van der Waals surface area contributed by atoms with Gasteiger partial charge >= 0.3 is 0 Å². The zero-order valence-electron chi connectivity index (χ0n) is 9.00. The van der Waals surface area contributed by atoms with Gasteiger partial charge in [-0.3, -0.25) is 0 Å². The summed E-state index contributed by atoms with van der Waals surface area (Å²) in [6, 6.07) is 3.69. The molecular weight excluding hydrogens is 228 g/mol. The van der Waals surface area contributed by atoms with Crippen LogP contribution in [-0.4, -0.2) is 31.1 Å². The fraction of sp³-hybridized carbons (Fsp3) is 0.600. The summed E-state index contributed by atoms with van der Waals surface area (Å²) in [4.78, 5) is 0. The first kappa shape index (κ1) is 11.6. The Hall–Kier alpha value is -0.850. The van der Waals surface area contributed by atoms with Crippen molar-refractivity contribution in [2.24, 2.45) is 5.73 Å². The van der Waals surface area contributed by atoms with Gasteiger partial charge in [0.05, 0.1) is 18.6 Å². The molecule has 0 spiro atoms. The highest BCUT2D eigenvalue weighted by atomic mass is 32.2. The van der Waals surface area contributed by atoms with Crippen LogP contribution in [0.15, 0.2) is 22.8 Å². The van der Waals surface area contributed by atoms with Gasteiger partial charge in [-0.2, -0.15) is 4.31 Å². The maximum Gasteiger partial charge on any atom is 0.216 e. The molecule has 2 N–H and O–H groups in total. The van der Waals surface area contributed by atoms with Gasteiger partial charge in [0.15, 0.2) is 0 Å². The van der Waals surface area contributed by atoms with Crippen LogP contribution in [0, 0.1) is 0 Å². The first-order valence-electron chi connectivity index (χ1n) is 5.35. The van der Waals surface area contributed by atoms with Crippen molar-refractivity contribution in [1.29, 1.82) is 0 Å². The third-order valence-electron chi connectivity index (χ3n) is 2.58. The van der Waals surface area contributed by atoms with Crippen molar-refractivity contribution in [2.75, 3.05) is 12.3 Å². The Labute approximate surface area is 95.3 Å². The first-order valence-corrected chi connectivity index (χ1v) is 6.96. The minimum absolute atomic E-state index is 0.00418. The zero-order chi connectivity index (χ0) is 11.6. The minimum Gasteiger partial charge on any atom is -0.468 e. The van der Waals surface area contributed by atoms with Crippen molar-refractivity contribution in [3.8, 4) is 0 Å². The molecule has 1 aliphatic rings. The van der Waals surface area contributed by atoms with Crippen LogP contribution in [0.5, 0.6) is 0 Å². The molecule has 1 fully saturated rings. The molecule has 0 saturated heterocycles. The van der Waals surface area contributed by atoms with Crippen LogP contribution < -0.4 is 5.73 Å². The highest BCUT2D eigenvalue weighted by Gasteiger charge is 2.37. The fourth-order valence-corrected chi connectivity index (χ4v) is 3.16. The van der Waals surface area contributed by atoms with E-state index in [0.29, 0.717) is 12.3 Å². The summed E-state index contributed by atoms with van der Waals surface area (Å²) in [6.45, 7) is 0.476. The standard InChI is InChI=1S/C10H16N2O3S/c11-5-7-16(13,14)12(9-3-4-9)8-10-2-1-6-15-10/h1-2,6,9H,3-5,7-8,11H2. The lowest BCUT2D eigenvalue weighted by molar-refractivity contribution is 0.357. The molecule has 0 radical (unpaired) electrons. The second-order valence-electron chi connectivity index (χ2n) is 3.96. The molecule has 2 rings (SSSR count). The number of nitrogens with zero attached hydrogens (tertiary/aromatic N) is 1. The molecule has 0 aliphatic heterocycles. The van der Waals surface area contributed by atoms with Gasteiger partial charge in [0, 0.05) is 12.6 Å². The van der Waals surface area contributed by atoms with Crippen LogP contribution in [0.1, 0.15) is 18.6 Å². The molecule has 90 valence electrons. The molecule has 1 aromatic heterocycles. The second kappa shape index (κ2) is 4.57. The molecule has 0 atom stereocenters. The maximum absolute atomic E-state index is 11.9. The van der Waals surface area contributed by atoms with E-state index in [1.165, 1.54) is 4.31 Å². The summed E-state index contributed by atoms with van der Waals surface area (Å²) in [6.07, 6.45) is 3.42. The van der Waals surface area contributed by atoms with Gasteiger partial charge in [-0.15, -0.1) is 0 Å². The van der Waals surface area contributed by atoms with E-state index < -0.39 is 10.0 Å². The molecular formula is C10H16N2O3S. The van der Waals surface area contributed by atoms with Crippen LogP contribution in [-0.2, 0) is 16.6 Å². The second-order valence-corrected chi connectivity index (χ2v) is 6.00. The van der Waals surface area contributed by atoms with Gasteiger partial charge in [0.1, 0.15) is 5.76 Å². The predicted octanol–water partition coefficient (Wildman–Crippen LogP) is 0.533. The van der Waals surface area contributed by atoms with E-state index in [9.17, 15) is 8.42 Å². The first-order chi connectivity index (χ1) is 7.63. The number of sulfonamides is 1. The molecule has 16 heavy (non-hydrogen) atoms. The number of hydrogen-bond donors (Lipinski definition) is 1. The van der Waals surface area contributed by atoms with Crippen LogP contribution in [0.4, 0.5) is 0 Å². The molecule has 0 unspecified atom stereocenters. The number of rotatable bonds is 6. The highest BCUT2D eigenvalue weighted by Crippen LogP contribution is 2.30.